The van der Waals surface area contributed by atoms with E-state index in [2.05, 4.69) is 10.3 Å². The van der Waals surface area contributed by atoms with Crippen LogP contribution in [0.5, 0.6) is 0 Å². The van der Waals surface area contributed by atoms with Gasteiger partial charge in [0, 0.05) is 30.9 Å². The van der Waals surface area contributed by atoms with Crippen LogP contribution in [0.15, 0.2) is 42.2 Å². The van der Waals surface area contributed by atoms with Crippen molar-refractivity contribution in [3.8, 4) is 0 Å². The third kappa shape index (κ3) is 3.44. The van der Waals surface area contributed by atoms with Gasteiger partial charge in [0.2, 0.25) is 5.91 Å². The van der Waals surface area contributed by atoms with Crippen molar-refractivity contribution in [3.63, 3.8) is 0 Å². The summed E-state index contributed by atoms with van der Waals surface area (Å²) >= 11 is 0. The topological polar surface area (TPSA) is 46.4 Å². The molecule has 19 heavy (non-hydrogen) atoms. The van der Waals surface area contributed by atoms with Gasteiger partial charge >= 0.3 is 0 Å². The molecule has 2 aromatic heterocycles. The highest BCUT2D eigenvalue weighted by Gasteiger charge is 2.04. The van der Waals surface area contributed by atoms with E-state index in [1.165, 1.54) is 0 Å². The first-order valence-corrected chi connectivity index (χ1v) is 6.58. The Morgan fingerprint density at radius 2 is 2.32 bits per heavy atom. The highest BCUT2D eigenvalue weighted by molar-refractivity contribution is 5.92. The molecule has 2 rings (SSSR count). The summed E-state index contributed by atoms with van der Waals surface area (Å²) in [5.74, 6) is 0.00520. The SMILES string of the molecule is CCC=C(C)C(=O)NCCc1cn2ccccc2n1. The zero-order valence-corrected chi connectivity index (χ0v) is 11.4. The average molecular weight is 257 g/mol. The Labute approximate surface area is 113 Å². The van der Waals surface area contributed by atoms with Crippen molar-refractivity contribution in [1.29, 1.82) is 0 Å². The number of amides is 1. The standard InChI is InChI=1S/C15H19N3O/c1-3-6-12(2)15(19)16-9-8-13-11-18-10-5-4-7-14(18)17-13/h4-7,10-11H,3,8-9H2,1-2H3,(H,16,19). The van der Waals surface area contributed by atoms with E-state index >= 15 is 0 Å². The fourth-order valence-corrected chi connectivity index (χ4v) is 1.95. The second-order valence-corrected chi connectivity index (χ2v) is 4.50. The van der Waals surface area contributed by atoms with Crippen LogP contribution in [0.25, 0.3) is 5.65 Å². The first kappa shape index (κ1) is 13.3. The van der Waals surface area contributed by atoms with Crippen LogP contribution < -0.4 is 5.32 Å². The summed E-state index contributed by atoms with van der Waals surface area (Å²) in [7, 11) is 0. The van der Waals surface area contributed by atoms with Gasteiger partial charge in [0.15, 0.2) is 0 Å². The lowest BCUT2D eigenvalue weighted by Gasteiger charge is -2.03. The number of aromatic nitrogens is 2. The van der Waals surface area contributed by atoms with Crippen molar-refractivity contribution in [2.45, 2.75) is 26.7 Å². The molecule has 0 aliphatic carbocycles. The largest absolute Gasteiger partial charge is 0.352 e. The summed E-state index contributed by atoms with van der Waals surface area (Å²) in [5, 5.41) is 2.90. The van der Waals surface area contributed by atoms with E-state index in [1.807, 2.05) is 54.9 Å². The minimum Gasteiger partial charge on any atom is -0.352 e. The van der Waals surface area contributed by atoms with Crippen molar-refractivity contribution in [1.82, 2.24) is 14.7 Å². The highest BCUT2D eigenvalue weighted by Crippen LogP contribution is 2.04. The van der Waals surface area contributed by atoms with Gasteiger partial charge in [-0.15, -0.1) is 0 Å². The van der Waals surface area contributed by atoms with Crippen LogP contribution in [-0.2, 0) is 11.2 Å². The molecule has 100 valence electrons. The molecule has 0 saturated carbocycles. The van der Waals surface area contributed by atoms with Gasteiger partial charge < -0.3 is 9.72 Å². The average Bonchev–Trinajstić information content (AvgIpc) is 2.81. The fourth-order valence-electron chi connectivity index (χ4n) is 1.95. The summed E-state index contributed by atoms with van der Waals surface area (Å²) < 4.78 is 1.99. The molecule has 0 unspecified atom stereocenters. The number of allylic oxidation sites excluding steroid dienone is 1. The van der Waals surface area contributed by atoms with E-state index in [0.717, 1.165) is 29.8 Å². The summed E-state index contributed by atoms with van der Waals surface area (Å²) in [6.07, 6.45) is 7.52. The summed E-state index contributed by atoms with van der Waals surface area (Å²) in [4.78, 5) is 16.2. The quantitative estimate of drug-likeness (QED) is 0.836. The number of carbonyl (C=O) groups is 1. The molecule has 0 bridgehead atoms. The van der Waals surface area contributed by atoms with Crippen LogP contribution >= 0.6 is 0 Å². The van der Waals surface area contributed by atoms with Crippen LogP contribution in [0.4, 0.5) is 0 Å². The first-order chi connectivity index (χ1) is 9.20. The summed E-state index contributed by atoms with van der Waals surface area (Å²) in [5.41, 5.74) is 2.70. The van der Waals surface area contributed by atoms with Gasteiger partial charge in [0.1, 0.15) is 5.65 Å². The van der Waals surface area contributed by atoms with E-state index in [-0.39, 0.29) is 5.91 Å². The smallest absolute Gasteiger partial charge is 0.246 e. The number of fused-ring (bicyclic) bond motifs is 1. The van der Waals surface area contributed by atoms with Crippen molar-refractivity contribution in [2.75, 3.05) is 6.54 Å². The molecule has 2 heterocycles. The van der Waals surface area contributed by atoms with Crippen LogP contribution in [0.2, 0.25) is 0 Å². The molecule has 0 aliphatic rings. The fraction of sp³-hybridized carbons (Fsp3) is 0.333. The monoisotopic (exact) mass is 257 g/mol. The van der Waals surface area contributed by atoms with E-state index < -0.39 is 0 Å². The Morgan fingerprint density at radius 1 is 1.47 bits per heavy atom. The summed E-state index contributed by atoms with van der Waals surface area (Å²) in [6, 6.07) is 5.90. The van der Waals surface area contributed by atoms with Gasteiger partial charge in [-0.3, -0.25) is 4.79 Å². The molecule has 2 aromatic rings. The minimum absolute atomic E-state index is 0.00520. The van der Waals surface area contributed by atoms with Crippen LogP contribution in [0.3, 0.4) is 0 Å². The Hall–Kier alpha value is -2.10. The van der Waals surface area contributed by atoms with E-state index in [4.69, 9.17) is 0 Å². The minimum atomic E-state index is 0.00520. The third-order valence-corrected chi connectivity index (χ3v) is 2.95. The molecule has 4 nitrogen and oxygen atoms in total. The molecule has 0 aliphatic heterocycles. The molecule has 0 aromatic carbocycles. The Morgan fingerprint density at radius 3 is 3.05 bits per heavy atom. The van der Waals surface area contributed by atoms with Crippen molar-refractivity contribution in [3.05, 3.63) is 47.9 Å². The van der Waals surface area contributed by atoms with Crippen molar-refractivity contribution in [2.24, 2.45) is 0 Å². The van der Waals surface area contributed by atoms with Crippen molar-refractivity contribution >= 4 is 11.6 Å². The molecule has 1 amide bonds. The molecule has 4 heteroatoms. The number of nitrogens with one attached hydrogen (secondary N) is 1. The number of imidazole rings is 1. The van der Waals surface area contributed by atoms with Crippen molar-refractivity contribution < 1.29 is 4.79 Å². The molecule has 0 fully saturated rings. The van der Waals surface area contributed by atoms with Gasteiger partial charge in [-0.1, -0.05) is 19.1 Å². The Kier molecular flexibility index (Phi) is 4.34. The number of carbonyl (C=O) groups excluding carboxylic acids is 1. The zero-order chi connectivity index (χ0) is 13.7. The lowest BCUT2D eigenvalue weighted by molar-refractivity contribution is -0.117. The van der Waals surface area contributed by atoms with Gasteiger partial charge in [-0.05, 0) is 25.5 Å². The maximum absolute atomic E-state index is 11.7. The molecular weight excluding hydrogens is 238 g/mol. The van der Waals surface area contributed by atoms with E-state index in [9.17, 15) is 4.79 Å². The second-order valence-electron chi connectivity index (χ2n) is 4.50. The normalized spacial score (nSPS) is 11.8. The highest BCUT2D eigenvalue weighted by atomic mass is 16.1. The molecule has 0 atom stereocenters. The lowest BCUT2D eigenvalue weighted by atomic mass is 10.2. The zero-order valence-electron chi connectivity index (χ0n) is 11.4. The molecule has 0 saturated heterocycles. The van der Waals surface area contributed by atoms with Gasteiger partial charge in [0.25, 0.3) is 0 Å². The van der Waals surface area contributed by atoms with Crippen LogP contribution in [0.1, 0.15) is 26.0 Å². The Bertz CT molecular complexity index is 565. The molecule has 0 spiro atoms. The molecule has 1 N–H and O–H groups in total. The summed E-state index contributed by atoms with van der Waals surface area (Å²) in [6.45, 7) is 4.47. The molecular formula is C15H19N3O. The second kappa shape index (κ2) is 6.18. The number of hydrogen-bond acceptors (Lipinski definition) is 2. The number of hydrogen-bond donors (Lipinski definition) is 1. The molecule has 0 radical (unpaired) electrons. The maximum atomic E-state index is 11.7. The number of nitrogens with zero attached hydrogens (tertiary/aromatic N) is 2. The lowest BCUT2D eigenvalue weighted by Crippen LogP contribution is -2.26. The van der Waals surface area contributed by atoms with Gasteiger partial charge in [-0.25, -0.2) is 4.98 Å². The first-order valence-electron chi connectivity index (χ1n) is 6.58. The van der Waals surface area contributed by atoms with Crippen LogP contribution in [0, 0.1) is 0 Å². The Balaban J connectivity index is 1.89. The maximum Gasteiger partial charge on any atom is 0.246 e. The van der Waals surface area contributed by atoms with Gasteiger partial charge in [0.05, 0.1) is 5.69 Å². The number of pyridine rings is 1. The van der Waals surface area contributed by atoms with Gasteiger partial charge in [-0.2, -0.15) is 0 Å². The van der Waals surface area contributed by atoms with E-state index in [1.54, 1.807) is 0 Å². The predicted octanol–water partition coefficient (Wildman–Crippen LogP) is 2.35. The third-order valence-electron chi connectivity index (χ3n) is 2.95. The van der Waals surface area contributed by atoms with Crippen LogP contribution in [-0.4, -0.2) is 21.8 Å². The number of rotatable bonds is 5. The van der Waals surface area contributed by atoms with E-state index in [0.29, 0.717) is 6.54 Å². The predicted molar refractivity (Wildman–Crippen MR) is 76.0 cm³/mol.